The van der Waals surface area contributed by atoms with Crippen LogP contribution in [0, 0.1) is 0 Å². The van der Waals surface area contributed by atoms with Crippen LogP contribution in [-0.4, -0.2) is 69.7 Å². The van der Waals surface area contributed by atoms with Gasteiger partial charge in [-0.15, -0.1) is 0 Å². The van der Waals surface area contributed by atoms with Gasteiger partial charge in [0.2, 0.25) is 0 Å². The van der Waals surface area contributed by atoms with Crippen molar-refractivity contribution in [2.24, 2.45) is 0 Å². The Balaban J connectivity index is 1.88. The van der Waals surface area contributed by atoms with Gasteiger partial charge < -0.3 is 9.80 Å². The topological polar surface area (TPSA) is 12.4 Å². The molecule has 0 N–H and O–H groups in total. The van der Waals surface area contributed by atoms with E-state index in [0.717, 1.165) is 6.04 Å². The van der Waals surface area contributed by atoms with Gasteiger partial charge in [0.25, 0.3) is 0 Å². The summed E-state index contributed by atoms with van der Waals surface area (Å²) in [6.07, 6.45) is 30.3. The van der Waals surface area contributed by atoms with Crippen molar-refractivity contribution in [3.8, 4) is 0 Å². The largest absolute Gasteiger partial charge is 0.309 e. The maximum Gasteiger partial charge on any atom is 0.134 e. The lowest BCUT2D eigenvalue weighted by Gasteiger charge is -2.28. The zero-order valence-corrected chi connectivity index (χ0v) is 24.3. The normalized spacial score (nSPS) is 17.3. The third-order valence-corrected chi connectivity index (χ3v) is 8.04. The lowest BCUT2D eigenvalue weighted by molar-refractivity contribution is 0.206. The summed E-state index contributed by atoms with van der Waals surface area (Å²) in [6, 6.07) is 0.837. The Kier molecular flexibility index (Phi) is 21.9. The van der Waals surface area contributed by atoms with Gasteiger partial charge in [-0.3, -0.25) is 0 Å². The van der Waals surface area contributed by atoms with E-state index in [9.17, 15) is 0 Å². The highest BCUT2D eigenvalue weighted by Gasteiger charge is 2.30. The fourth-order valence-electron chi connectivity index (χ4n) is 5.68. The molecule has 0 aromatic rings. The van der Waals surface area contributed by atoms with Crippen molar-refractivity contribution in [1.82, 2.24) is 14.7 Å². The predicted molar refractivity (Wildman–Crippen MR) is 154 cm³/mol. The summed E-state index contributed by atoms with van der Waals surface area (Å²) < 4.78 is 0. The molecule has 34 heavy (non-hydrogen) atoms. The summed E-state index contributed by atoms with van der Waals surface area (Å²) in [7, 11) is 6.74. The minimum atomic E-state index is 0.837. The van der Waals surface area contributed by atoms with Crippen LogP contribution in [0.15, 0.2) is 0 Å². The molecule has 1 fully saturated rings. The number of likely N-dealkylation sites (tertiary alicyclic amines) is 1. The summed E-state index contributed by atoms with van der Waals surface area (Å²) in [6.45, 7) is 8.74. The molecule has 1 rings (SSSR count). The van der Waals surface area contributed by atoms with E-state index < -0.39 is 0 Å². The highest BCUT2D eigenvalue weighted by Crippen LogP contribution is 2.18. The quantitative estimate of drug-likeness (QED) is 0.102. The van der Waals surface area contributed by atoms with E-state index >= 15 is 0 Å². The molecule has 1 aliphatic heterocycles. The summed E-state index contributed by atoms with van der Waals surface area (Å²) in [5.74, 6) is 0. The number of hydrogen-bond acceptors (Lipinski definition) is 3. The molecule has 0 saturated carbocycles. The number of nitrogens with zero attached hydrogens (tertiary/aromatic N) is 3. The predicted octanol–water partition coefficient (Wildman–Crippen LogP) is 8.21. The molecule has 1 radical (unpaired) electrons. The molecule has 0 spiro atoms. The first-order chi connectivity index (χ1) is 16.6. The minimum absolute atomic E-state index is 0.837. The molecule has 203 valence electrons. The van der Waals surface area contributed by atoms with Crippen molar-refractivity contribution in [3.63, 3.8) is 0 Å². The Morgan fingerprint density at radius 3 is 1.65 bits per heavy atom. The standard InChI is InChI=1S/C31H65N3/c1-5-6-7-8-9-10-11-12-13-14-15-16-17-18-19-21-27-33(4)30-25-31-24-20-22-28-34(31)29-23-26-32(2)3/h31H,5-30H2,1-4H3/q+1. The monoisotopic (exact) mass is 480 g/mol. The lowest BCUT2D eigenvalue weighted by atomic mass is 9.98. The number of unbranched alkanes of at least 4 members (excludes halogenated alkanes) is 15. The first kappa shape index (κ1) is 31.9. The summed E-state index contributed by atoms with van der Waals surface area (Å²) in [5.41, 5.74) is 0. The molecule has 1 saturated heterocycles. The van der Waals surface area contributed by atoms with Gasteiger partial charge >= 0.3 is 0 Å². The van der Waals surface area contributed by atoms with E-state index in [1.165, 1.54) is 168 Å². The smallest absolute Gasteiger partial charge is 0.134 e. The first-order valence-corrected chi connectivity index (χ1v) is 15.7. The van der Waals surface area contributed by atoms with E-state index in [1.54, 1.807) is 0 Å². The van der Waals surface area contributed by atoms with Crippen LogP contribution in [0.4, 0.5) is 0 Å². The van der Waals surface area contributed by atoms with Crippen LogP contribution in [0.5, 0.6) is 0 Å². The van der Waals surface area contributed by atoms with Crippen LogP contribution < -0.4 is 4.90 Å². The van der Waals surface area contributed by atoms with Crippen LogP contribution in [0.3, 0.4) is 0 Å². The third-order valence-electron chi connectivity index (χ3n) is 8.04. The molecule has 0 bridgehead atoms. The second kappa shape index (κ2) is 23.3. The van der Waals surface area contributed by atoms with Crippen LogP contribution in [-0.2, 0) is 0 Å². The van der Waals surface area contributed by atoms with Crippen LogP contribution in [0.1, 0.15) is 142 Å². The molecule has 1 atom stereocenters. The molecule has 1 heterocycles. The second-order valence-corrected chi connectivity index (χ2v) is 11.7. The van der Waals surface area contributed by atoms with E-state index in [4.69, 9.17) is 0 Å². The lowest BCUT2D eigenvalue weighted by Crippen LogP contribution is -2.47. The van der Waals surface area contributed by atoms with Crippen LogP contribution >= 0.6 is 0 Å². The van der Waals surface area contributed by atoms with Gasteiger partial charge in [-0.2, -0.15) is 4.90 Å². The van der Waals surface area contributed by atoms with Gasteiger partial charge in [0, 0.05) is 38.8 Å². The highest BCUT2D eigenvalue weighted by molar-refractivity contribution is 4.82. The SMILES string of the molecule is CCCCCCCCCCCCCCCCCCN(C)CCC1CCCC[N+]1CCCN(C)C. The Morgan fingerprint density at radius 2 is 1.12 bits per heavy atom. The van der Waals surface area contributed by atoms with Crippen molar-refractivity contribution in [2.75, 3.05) is 53.9 Å². The Bertz CT molecular complexity index is 411. The van der Waals surface area contributed by atoms with E-state index in [0.29, 0.717) is 0 Å². The molecule has 0 aliphatic carbocycles. The zero-order valence-electron chi connectivity index (χ0n) is 24.3. The Labute approximate surface area is 216 Å². The van der Waals surface area contributed by atoms with Crippen LogP contribution in [0.2, 0.25) is 0 Å². The van der Waals surface area contributed by atoms with Crippen molar-refractivity contribution in [1.29, 1.82) is 0 Å². The molecule has 0 aromatic carbocycles. The average molecular weight is 480 g/mol. The number of piperidine rings is 1. The molecule has 1 unspecified atom stereocenters. The molecule has 3 heteroatoms. The third kappa shape index (κ3) is 19.1. The van der Waals surface area contributed by atoms with Crippen molar-refractivity contribution in [3.05, 3.63) is 0 Å². The highest BCUT2D eigenvalue weighted by atomic mass is 15.2. The molecular weight excluding hydrogens is 414 g/mol. The summed E-state index contributed by atoms with van der Waals surface area (Å²) in [4.78, 5) is 7.73. The average Bonchev–Trinajstić information content (AvgIpc) is 2.83. The Morgan fingerprint density at radius 1 is 0.588 bits per heavy atom. The molecule has 0 amide bonds. The summed E-state index contributed by atoms with van der Waals surface area (Å²) in [5, 5.41) is 0. The van der Waals surface area contributed by atoms with E-state index in [-0.39, 0.29) is 0 Å². The van der Waals surface area contributed by atoms with Crippen molar-refractivity contribution in [2.45, 2.75) is 148 Å². The van der Waals surface area contributed by atoms with Gasteiger partial charge in [0.05, 0.1) is 0 Å². The van der Waals surface area contributed by atoms with E-state index in [2.05, 4.69) is 42.8 Å². The van der Waals surface area contributed by atoms with Gasteiger partial charge in [-0.05, 0) is 40.5 Å². The molecular formula is C31H65N3+. The molecule has 0 aromatic heterocycles. The fourth-order valence-corrected chi connectivity index (χ4v) is 5.68. The second-order valence-electron chi connectivity index (χ2n) is 11.7. The fraction of sp³-hybridized carbons (Fsp3) is 1.00. The maximum atomic E-state index is 2.80. The van der Waals surface area contributed by atoms with E-state index in [1.807, 2.05) is 0 Å². The summed E-state index contributed by atoms with van der Waals surface area (Å²) >= 11 is 0. The van der Waals surface area contributed by atoms with Gasteiger partial charge in [-0.25, -0.2) is 0 Å². The van der Waals surface area contributed by atoms with Gasteiger partial charge in [0.15, 0.2) is 0 Å². The van der Waals surface area contributed by atoms with Gasteiger partial charge in [-0.1, -0.05) is 103 Å². The maximum absolute atomic E-state index is 2.80. The molecule has 3 nitrogen and oxygen atoms in total. The van der Waals surface area contributed by atoms with Crippen LogP contribution in [0.25, 0.3) is 0 Å². The zero-order chi connectivity index (χ0) is 24.7. The van der Waals surface area contributed by atoms with Crippen molar-refractivity contribution < 1.29 is 0 Å². The molecule has 1 aliphatic rings. The van der Waals surface area contributed by atoms with Gasteiger partial charge in [0.1, 0.15) is 19.1 Å². The van der Waals surface area contributed by atoms with Crippen molar-refractivity contribution >= 4 is 0 Å². The first-order valence-electron chi connectivity index (χ1n) is 15.7. The minimum Gasteiger partial charge on any atom is -0.309 e. The Hall–Kier alpha value is -0.120. The number of rotatable bonds is 24. The number of hydrogen-bond donors (Lipinski definition) is 0.